The van der Waals surface area contributed by atoms with Gasteiger partial charge in [0.2, 0.25) is 0 Å². The Morgan fingerprint density at radius 3 is 2.53 bits per heavy atom. The molecule has 0 fully saturated rings. The summed E-state index contributed by atoms with van der Waals surface area (Å²) in [6, 6.07) is 3.62. The smallest absolute Gasteiger partial charge is 0.347 e. The third kappa shape index (κ3) is 1.78. The Kier molecular flexibility index (Phi) is 3.06. The lowest BCUT2D eigenvalue weighted by Gasteiger charge is -2.13. The van der Waals surface area contributed by atoms with Crippen molar-refractivity contribution >= 4 is 16.9 Å². The first-order valence-corrected chi connectivity index (χ1v) is 5.80. The number of pyridine rings is 1. The molecule has 0 saturated heterocycles. The second kappa shape index (κ2) is 4.42. The van der Waals surface area contributed by atoms with Crippen molar-refractivity contribution in [2.24, 2.45) is 7.05 Å². The first-order valence-electron chi connectivity index (χ1n) is 5.80. The monoisotopic (exact) mass is 261 g/mol. The summed E-state index contributed by atoms with van der Waals surface area (Å²) >= 11 is 0. The van der Waals surface area contributed by atoms with Crippen molar-refractivity contribution in [3.8, 4) is 5.75 Å². The highest BCUT2D eigenvalue weighted by Gasteiger charge is 2.22. The van der Waals surface area contributed by atoms with Crippen LogP contribution in [0.25, 0.3) is 10.9 Å². The molecule has 5 nitrogen and oxygen atoms in total. The van der Waals surface area contributed by atoms with Crippen molar-refractivity contribution in [1.29, 1.82) is 0 Å². The summed E-state index contributed by atoms with van der Waals surface area (Å²) in [5, 5.41) is 10.7. The number of benzene rings is 1. The largest absolute Gasteiger partial charge is 0.506 e. The predicted molar refractivity (Wildman–Crippen MR) is 71.7 cm³/mol. The number of rotatable bonds is 1. The number of nitrogens with zero attached hydrogens (tertiary/aromatic N) is 1. The zero-order valence-electron chi connectivity index (χ0n) is 11.3. The molecule has 0 radical (unpaired) electrons. The summed E-state index contributed by atoms with van der Waals surface area (Å²) in [5.41, 5.74) is 1.48. The number of esters is 1. The predicted octanol–water partition coefficient (Wildman–Crippen LogP) is 1.65. The molecule has 5 heteroatoms. The second-order valence-electron chi connectivity index (χ2n) is 4.48. The van der Waals surface area contributed by atoms with Crippen LogP contribution in [-0.4, -0.2) is 22.8 Å². The van der Waals surface area contributed by atoms with E-state index in [0.717, 1.165) is 11.1 Å². The van der Waals surface area contributed by atoms with Gasteiger partial charge in [-0.3, -0.25) is 4.79 Å². The summed E-state index contributed by atoms with van der Waals surface area (Å²) < 4.78 is 5.90. The van der Waals surface area contributed by atoms with Crippen LogP contribution >= 0.6 is 0 Å². The normalized spacial score (nSPS) is 10.7. The molecule has 19 heavy (non-hydrogen) atoms. The minimum atomic E-state index is -0.832. The van der Waals surface area contributed by atoms with Crippen molar-refractivity contribution in [3.05, 3.63) is 39.2 Å². The number of hydrogen-bond acceptors (Lipinski definition) is 4. The van der Waals surface area contributed by atoms with E-state index in [-0.39, 0.29) is 11.3 Å². The maximum atomic E-state index is 12.1. The van der Waals surface area contributed by atoms with Gasteiger partial charge in [0, 0.05) is 12.4 Å². The number of aryl methyl sites for hydroxylation is 3. The van der Waals surface area contributed by atoms with Crippen LogP contribution in [0.2, 0.25) is 0 Å². The van der Waals surface area contributed by atoms with Gasteiger partial charge in [0.25, 0.3) is 5.56 Å². The van der Waals surface area contributed by atoms with Crippen molar-refractivity contribution in [2.75, 3.05) is 7.11 Å². The van der Waals surface area contributed by atoms with Crippen LogP contribution in [0.15, 0.2) is 16.9 Å². The number of fused-ring (bicyclic) bond motifs is 1. The highest BCUT2D eigenvalue weighted by Crippen LogP contribution is 2.30. The average molecular weight is 261 g/mol. The van der Waals surface area contributed by atoms with Gasteiger partial charge in [-0.15, -0.1) is 0 Å². The third-order valence-corrected chi connectivity index (χ3v) is 3.46. The molecule has 0 bridgehead atoms. The van der Waals surface area contributed by atoms with E-state index in [2.05, 4.69) is 4.74 Å². The van der Waals surface area contributed by atoms with Gasteiger partial charge in [-0.1, -0.05) is 6.07 Å². The summed E-state index contributed by atoms with van der Waals surface area (Å²) in [4.78, 5) is 23.8. The van der Waals surface area contributed by atoms with Crippen LogP contribution in [-0.2, 0) is 11.8 Å². The number of carbonyl (C=O) groups excluding carboxylic acids is 1. The first kappa shape index (κ1) is 13.1. The van der Waals surface area contributed by atoms with Crippen LogP contribution in [0.5, 0.6) is 5.75 Å². The maximum Gasteiger partial charge on any atom is 0.347 e. The Morgan fingerprint density at radius 2 is 1.95 bits per heavy atom. The summed E-state index contributed by atoms with van der Waals surface area (Å²) in [7, 11) is 2.74. The number of methoxy groups -OCH3 is 1. The van der Waals surface area contributed by atoms with Crippen molar-refractivity contribution < 1.29 is 14.6 Å². The molecule has 0 aliphatic rings. The molecule has 0 saturated carbocycles. The summed E-state index contributed by atoms with van der Waals surface area (Å²) in [5.74, 6) is -1.15. The van der Waals surface area contributed by atoms with E-state index in [9.17, 15) is 14.7 Å². The zero-order valence-corrected chi connectivity index (χ0v) is 11.3. The third-order valence-electron chi connectivity index (χ3n) is 3.46. The molecule has 1 N–H and O–H groups in total. The van der Waals surface area contributed by atoms with Gasteiger partial charge in [0.1, 0.15) is 5.75 Å². The minimum Gasteiger partial charge on any atom is -0.506 e. The highest BCUT2D eigenvalue weighted by atomic mass is 16.5. The Balaban J connectivity index is 3.07. The van der Waals surface area contributed by atoms with Gasteiger partial charge in [-0.05, 0) is 31.0 Å². The standard InChI is InChI=1S/C14H15NO4/c1-7-5-6-9-10(8(7)2)12(16)11(14(18)19-4)13(17)15(9)3/h5-6,16H,1-4H3. The number of ether oxygens (including phenoxy) is 1. The van der Waals surface area contributed by atoms with Crippen LogP contribution in [0, 0.1) is 13.8 Å². The van der Waals surface area contributed by atoms with Gasteiger partial charge >= 0.3 is 5.97 Å². The topological polar surface area (TPSA) is 68.5 Å². The van der Waals surface area contributed by atoms with E-state index in [4.69, 9.17) is 0 Å². The van der Waals surface area contributed by atoms with E-state index < -0.39 is 11.5 Å². The number of carbonyl (C=O) groups is 1. The average Bonchev–Trinajstić information content (AvgIpc) is 2.39. The fraction of sp³-hybridized carbons (Fsp3) is 0.286. The second-order valence-corrected chi connectivity index (χ2v) is 4.48. The number of aromatic nitrogens is 1. The number of hydrogen-bond donors (Lipinski definition) is 1. The van der Waals surface area contributed by atoms with Crippen molar-refractivity contribution in [3.63, 3.8) is 0 Å². The molecule has 1 heterocycles. The Morgan fingerprint density at radius 1 is 1.32 bits per heavy atom. The van der Waals surface area contributed by atoms with Crippen molar-refractivity contribution in [2.45, 2.75) is 13.8 Å². The van der Waals surface area contributed by atoms with Gasteiger partial charge in [-0.25, -0.2) is 4.79 Å². The maximum absolute atomic E-state index is 12.1. The van der Waals surface area contributed by atoms with E-state index >= 15 is 0 Å². The fourth-order valence-electron chi connectivity index (χ4n) is 2.17. The Labute approximate surface area is 110 Å². The lowest BCUT2D eigenvalue weighted by molar-refractivity contribution is 0.0595. The molecule has 1 aromatic heterocycles. The van der Waals surface area contributed by atoms with Gasteiger partial charge < -0.3 is 14.4 Å². The molecular formula is C14H15NO4. The molecule has 0 unspecified atom stereocenters. The van der Waals surface area contributed by atoms with Crippen LogP contribution in [0.3, 0.4) is 0 Å². The first-order chi connectivity index (χ1) is 8.90. The van der Waals surface area contributed by atoms with Crippen LogP contribution < -0.4 is 5.56 Å². The van der Waals surface area contributed by atoms with E-state index in [1.807, 2.05) is 19.9 Å². The molecule has 2 aromatic rings. The molecular weight excluding hydrogens is 246 g/mol. The molecule has 0 atom stereocenters. The minimum absolute atomic E-state index is 0.314. The molecule has 0 spiro atoms. The fourth-order valence-corrected chi connectivity index (χ4v) is 2.17. The lowest BCUT2D eigenvalue weighted by atomic mass is 10.0. The lowest BCUT2D eigenvalue weighted by Crippen LogP contribution is -2.25. The molecule has 0 aliphatic heterocycles. The summed E-state index contributed by atoms with van der Waals surface area (Å²) in [6.07, 6.45) is 0. The summed E-state index contributed by atoms with van der Waals surface area (Å²) in [6.45, 7) is 3.74. The Hall–Kier alpha value is -2.30. The molecule has 0 aliphatic carbocycles. The number of aromatic hydroxyl groups is 1. The zero-order chi connectivity index (χ0) is 14.3. The van der Waals surface area contributed by atoms with E-state index in [1.54, 1.807) is 13.1 Å². The molecule has 2 rings (SSSR count). The highest BCUT2D eigenvalue weighted by molar-refractivity contribution is 6.00. The molecule has 1 aromatic carbocycles. The van der Waals surface area contributed by atoms with Gasteiger partial charge in [-0.2, -0.15) is 0 Å². The SMILES string of the molecule is COC(=O)c1c(O)c2c(C)c(C)ccc2n(C)c1=O. The van der Waals surface area contributed by atoms with Gasteiger partial charge in [0.05, 0.1) is 12.6 Å². The Bertz CT molecular complexity index is 743. The van der Waals surface area contributed by atoms with E-state index in [0.29, 0.717) is 10.9 Å². The molecule has 0 amide bonds. The van der Waals surface area contributed by atoms with Crippen LogP contribution in [0.1, 0.15) is 21.5 Å². The molecule has 100 valence electrons. The van der Waals surface area contributed by atoms with Crippen LogP contribution in [0.4, 0.5) is 0 Å². The van der Waals surface area contributed by atoms with Gasteiger partial charge in [0.15, 0.2) is 5.56 Å². The quantitative estimate of drug-likeness (QED) is 0.792. The van der Waals surface area contributed by atoms with Crippen molar-refractivity contribution in [1.82, 2.24) is 4.57 Å². The van der Waals surface area contributed by atoms with E-state index in [1.165, 1.54) is 11.7 Å².